The fourth-order valence-corrected chi connectivity index (χ4v) is 3.60. The van der Waals surface area contributed by atoms with Crippen LogP contribution in [0.4, 0.5) is 4.79 Å². The molecule has 7 nitrogen and oxygen atoms in total. The zero-order valence-electron chi connectivity index (χ0n) is 15.5. The molecule has 0 aromatic heterocycles. The van der Waals surface area contributed by atoms with E-state index < -0.39 is 34.6 Å². The van der Waals surface area contributed by atoms with Gasteiger partial charge in [0.2, 0.25) is 5.91 Å². The molecule has 8 heteroatoms. The van der Waals surface area contributed by atoms with Crippen molar-refractivity contribution in [2.45, 2.75) is 70.5 Å². The molecule has 1 fully saturated rings. The molecule has 1 aliphatic rings. The van der Waals surface area contributed by atoms with Crippen molar-refractivity contribution in [1.29, 1.82) is 0 Å². The summed E-state index contributed by atoms with van der Waals surface area (Å²) in [7, 11) is 1.28. The van der Waals surface area contributed by atoms with E-state index in [-0.39, 0.29) is 5.91 Å². The van der Waals surface area contributed by atoms with Crippen LogP contribution >= 0.6 is 11.8 Å². The first-order valence-electron chi connectivity index (χ1n) is 7.97. The van der Waals surface area contributed by atoms with Gasteiger partial charge in [-0.2, -0.15) is 0 Å². The number of thioether (sulfide) groups is 1. The number of hydrogen-bond donors (Lipinski definition) is 1. The summed E-state index contributed by atoms with van der Waals surface area (Å²) in [5.41, 5.74) is -0.653. The molecule has 0 aliphatic carbocycles. The second kappa shape index (κ2) is 7.63. The van der Waals surface area contributed by atoms with E-state index in [1.165, 1.54) is 23.8 Å². The minimum Gasteiger partial charge on any atom is -0.467 e. The molecule has 1 aliphatic heterocycles. The van der Waals surface area contributed by atoms with Crippen LogP contribution in [0.2, 0.25) is 0 Å². The van der Waals surface area contributed by atoms with Crippen LogP contribution in [0.5, 0.6) is 0 Å². The molecule has 24 heavy (non-hydrogen) atoms. The smallest absolute Gasteiger partial charge is 0.412 e. The molecule has 0 aromatic rings. The molecular formula is C16H28N2O5S. The van der Waals surface area contributed by atoms with Crippen LogP contribution in [0.25, 0.3) is 0 Å². The third-order valence-corrected chi connectivity index (χ3v) is 4.98. The van der Waals surface area contributed by atoms with Crippen LogP contribution in [0.3, 0.4) is 0 Å². The first kappa shape index (κ1) is 20.6. The molecule has 0 unspecified atom stereocenters. The lowest BCUT2D eigenvalue weighted by Crippen LogP contribution is -2.56. The SMILES string of the molecule is CC[C@H](NC(=O)[C@@H]1CSC(C)(C)N1C(=O)OC(C)(C)C)C(=O)OC. The van der Waals surface area contributed by atoms with Gasteiger partial charge in [-0.1, -0.05) is 6.92 Å². The van der Waals surface area contributed by atoms with Crippen LogP contribution < -0.4 is 5.32 Å². The maximum atomic E-state index is 12.6. The highest BCUT2D eigenvalue weighted by Gasteiger charge is 2.48. The maximum absolute atomic E-state index is 12.6. The zero-order valence-corrected chi connectivity index (χ0v) is 16.3. The molecule has 1 saturated heterocycles. The van der Waals surface area contributed by atoms with Gasteiger partial charge in [0.05, 0.1) is 12.0 Å². The molecule has 1 heterocycles. The van der Waals surface area contributed by atoms with Crippen molar-refractivity contribution >= 4 is 29.7 Å². The number of esters is 1. The molecule has 2 atom stereocenters. The maximum Gasteiger partial charge on any atom is 0.412 e. The normalized spacial score (nSPS) is 21.1. The van der Waals surface area contributed by atoms with E-state index in [4.69, 9.17) is 4.74 Å². The highest BCUT2D eigenvalue weighted by molar-refractivity contribution is 8.00. The fraction of sp³-hybridized carbons (Fsp3) is 0.812. The summed E-state index contributed by atoms with van der Waals surface area (Å²) in [5, 5.41) is 2.67. The number of nitrogens with zero attached hydrogens (tertiary/aromatic N) is 1. The highest BCUT2D eigenvalue weighted by Crippen LogP contribution is 2.39. The predicted octanol–water partition coefficient (Wildman–Crippen LogP) is 2.14. The molecule has 0 aromatic carbocycles. The first-order valence-corrected chi connectivity index (χ1v) is 8.96. The average Bonchev–Trinajstić information content (AvgIpc) is 2.77. The lowest BCUT2D eigenvalue weighted by molar-refractivity contribution is -0.145. The summed E-state index contributed by atoms with van der Waals surface area (Å²) >= 11 is 1.50. The topological polar surface area (TPSA) is 84.9 Å². The Labute approximate surface area is 147 Å². The van der Waals surface area contributed by atoms with Crippen molar-refractivity contribution in [1.82, 2.24) is 10.2 Å². The Morgan fingerprint density at radius 1 is 1.33 bits per heavy atom. The highest BCUT2D eigenvalue weighted by atomic mass is 32.2. The summed E-state index contributed by atoms with van der Waals surface area (Å²) in [6, 6.07) is -1.42. The molecule has 0 saturated carbocycles. The monoisotopic (exact) mass is 360 g/mol. The Kier molecular flexibility index (Phi) is 6.55. The Hall–Kier alpha value is -1.44. The van der Waals surface area contributed by atoms with Crippen molar-refractivity contribution in [2.24, 2.45) is 0 Å². The molecule has 0 spiro atoms. The molecule has 1 rings (SSSR count). The number of ether oxygens (including phenoxy) is 2. The van der Waals surface area contributed by atoms with Crippen LogP contribution in [0.1, 0.15) is 48.0 Å². The van der Waals surface area contributed by atoms with Gasteiger partial charge in [0.15, 0.2) is 0 Å². The van der Waals surface area contributed by atoms with Gasteiger partial charge in [-0.25, -0.2) is 9.59 Å². The van der Waals surface area contributed by atoms with E-state index in [0.29, 0.717) is 12.2 Å². The number of carbonyl (C=O) groups is 3. The minimum absolute atomic E-state index is 0.379. The van der Waals surface area contributed by atoms with Crippen molar-refractivity contribution in [3.05, 3.63) is 0 Å². The Balaban J connectivity index is 2.93. The van der Waals surface area contributed by atoms with Crippen LogP contribution in [-0.4, -0.2) is 58.3 Å². The molecule has 0 bridgehead atoms. The van der Waals surface area contributed by atoms with E-state index in [0.717, 1.165) is 0 Å². The quantitative estimate of drug-likeness (QED) is 0.773. The standard InChI is InChI=1S/C16H28N2O5S/c1-8-10(13(20)22-7)17-12(19)11-9-24-16(5,6)18(11)14(21)23-15(2,3)4/h10-11H,8-9H2,1-7H3,(H,17,19)/t10-,11-/m0/s1. The molecular weight excluding hydrogens is 332 g/mol. The number of amides is 2. The Morgan fingerprint density at radius 2 is 1.92 bits per heavy atom. The van der Waals surface area contributed by atoms with Gasteiger partial charge in [-0.15, -0.1) is 11.8 Å². The lowest BCUT2D eigenvalue weighted by atomic mass is 10.1. The van der Waals surface area contributed by atoms with Gasteiger partial charge >= 0.3 is 12.1 Å². The van der Waals surface area contributed by atoms with Crippen LogP contribution in [-0.2, 0) is 19.1 Å². The van der Waals surface area contributed by atoms with E-state index in [2.05, 4.69) is 10.1 Å². The summed E-state index contributed by atoms with van der Waals surface area (Å²) < 4.78 is 10.1. The van der Waals surface area contributed by atoms with Gasteiger partial charge in [0.25, 0.3) is 0 Å². The Morgan fingerprint density at radius 3 is 2.38 bits per heavy atom. The number of hydrogen-bond acceptors (Lipinski definition) is 6. The van der Waals surface area contributed by atoms with Crippen LogP contribution in [0, 0.1) is 0 Å². The Bertz CT molecular complexity index is 501. The number of methoxy groups -OCH3 is 1. The molecule has 138 valence electrons. The second-order valence-corrected chi connectivity index (χ2v) is 8.74. The van der Waals surface area contributed by atoms with Gasteiger partial charge in [-0.3, -0.25) is 9.69 Å². The second-order valence-electron chi connectivity index (χ2n) is 7.12. The van der Waals surface area contributed by atoms with Crippen molar-refractivity contribution in [2.75, 3.05) is 12.9 Å². The molecule has 0 radical (unpaired) electrons. The van der Waals surface area contributed by atoms with E-state index in [1.807, 2.05) is 13.8 Å². The summed E-state index contributed by atoms with van der Waals surface area (Å²) in [6.07, 6.45) is -0.127. The van der Waals surface area contributed by atoms with E-state index in [1.54, 1.807) is 27.7 Å². The largest absolute Gasteiger partial charge is 0.467 e. The average molecular weight is 360 g/mol. The van der Waals surface area contributed by atoms with E-state index >= 15 is 0 Å². The third kappa shape index (κ3) is 5.03. The number of nitrogens with one attached hydrogen (secondary N) is 1. The van der Waals surface area contributed by atoms with Crippen LogP contribution in [0.15, 0.2) is 0 Å². The molecule has 1 N–H and O–H groups in total. The van der Waals surface area contributed by atoms with Crippen molar-refractivity contribution < 1.29 is 23.9 Å². The number of carbonyl (C=O) groups excluding carboxylic acids is 3. The zero-order chi connectivity index (χ0) is 18.7. The van der Waals surface area contributed by atoms with Gasteiger partial charge < -0.3 is 14.8 Å². The summed E-state index contributed by atoms with van der Waals surface area (Å²) in [6.45, 7) is 10.8. The van der Waals surface area contributed by atoms with E-state index in [9.17, 15) is 14.4 Å². The lowest BCUT2D eigenvalue weighted by Gasteiger charge is -2.35. The third-order valence-electron chi connectivity index (χ3n) is 3.59. The van der Waals surface area contributed by atoms with Crippen molar-refractivity contribution in [3.8, 4) is 0 Å². The molecule has 2 amide bonds. The minimum atomic E-state index is -0.725. The number of rotatable bonds is 4. The first-order chi connectivity index (χ1) is 10.9. The van der Waals surface area contributed by atoms with Gasteiger partial charge in [0, 0.05) is 5.75 Å². The predicted molar refractivity (Wildman–Crippen MR) is 92.6 cm³/mol. The summed E-state index contributed by atoms with van der Waals surface area (Å²) in [4.78, 5) is 37.7. The fourth-order valence-electron chi connectivity index (χ4n) is 2.39. The van der Waals surface area contributed by atoms with Crippen molar-refractivity contribution in [3.63, 3.8) is 0 Å². The summed E-state index contributed by atoms with van der Waals surface area (Å²) in [5.74, 6) is -0.439. The van der Waals surface area contributed by atoms with Gasteiger partial charge in [0.1, 0.15) is 17.7 Å². The van der Waals surface area contributed by atoms with Gasteiger partial charge in [-0.05, 0) is 41.0 Å².